The average molecular weight is 331 g/mol. The fourth-order valence-electron chi connectivity index (χ4n) is 2.28. The number of carbonyl (C=O) groups is 2. The van der Waals surface area contributed by atoms with Crippen LogP contribution in [0.15, 0.2) is 48.5 Å². The minimum Gasteiger partial charge on any atom is -0.326 e. The topological polar surface area (TPSA) is 49.4 Å². The number of aryl methyl sites for hydroxylation is 1. The van der Waals surface area contributed by atoms with Crippen molar-refractivity contribution in [2.45, 2.75) is 20.3 Å². The molecule has 0 spiro atoms. The second kappa shape index (κ2) is 7.79. The molecule has 2 rings (SSSR count). The van der Waals surface area contributed by atoms with Crippen LogP contribution in [0.5, 0.6) is 0 Å². The molecule has 2 aromatic rings. The first kappa shape index (κ1) is 17.0. The van der Waals surface area contributed by atoms with Crippen LogP contribution in [0.25, 0.3) is 0 Å². The zero-order chi connectivity index (χ0) is 16.8. The molecule has 0 bridgehead atoms. The Morgan fingerprint density at radius 1 is 1.13 bits per heavy atom. The first-order valence-electron chi connectivity index (χ1n) is 7.36. The monoisotopic (exact) mass is 330 g/mol. The van der Waals surface area contributed by atoms with Gasteiger partial charge in [-0.05, 0) is 36.8 Å². The van der Waals surface area contributed by atoms with Crippen molar-refractivity contribution < 1.29 is 9.59 Å². The van der Waals surface area contributed by atoms with Crippen molar-refractivity contribution in [1.82, 2.24) is 0 Å². The Morgan fingerprint density at radius 3 is 2.52 bits per heavy atom. The van der Waals surface area contributed by atoms with Crippen molar-refractivity contribution >= 4 is 34.8 Å². The standard InChI is InChI=1S/C18H19ClN2O2/c1-13-6-5-7-15(12-13)20-18(23)10-11-21(14(2)22)17-9-4-3-8-16(17)19/h3-9,12H,10-11H2,1-2H3,(H,20,23). The molecule has 0 radical (unpaired) electrons. The zero-order valence-corrected chi connectivity index (χ0v) is 13.9. The summed E-state index contributed by atoms with van der Waals surface area (Å²) in [5.74, 6) is -0.296. The Balaban J connectivity index is 2.00. The van der Waals surface area contributed by atoms with E-state index in [1.54, 1.807) is 18.2 Å². The molecule has 0 saturated carbocycles. The molecule has 0 saturated heterocycles. The van der Waals surface area contributed by atoms with Gasteiger partial charge in [0.05, 0.1) is 10.7 Å². The number of para-hydroxylation sites is 1. The van der Waals surface area contributed by atoms with E-state index < -0.39 is 0 Å². The normalized spacial score (nSPS) is 10.2. The van der Waals surface area contributed by atoms with E-state index >= 15 is 0 Å². The number of rotatable bonds is 5. The summed E-state index contributed by atoms with van der Waals surface area (Å²) < 4.78 is 0. The van der Waals surface area contributed by atoms with Crippen molar-refractivity contribution in [3.8, 4) is 0 Å². The number of amides is 2. The lowest BCUT2D eigenvalue weighted by molar-refractivity contribution is -0.117. The molecule has 0 fully saturated rings. The first-order valence-corrected chi connectivity index (χ1v) is 7.74. The van der Waals surface area contributed by atoms with Crippen LogP contribution in [-0.2, 0) is 9.59 Å². The van der Waals surface area contributed by atoms with Crippen LogP contribution in [0.1, 0.15) is 18.9 Å². The van der Waals surface area contributed by atoms with E-state index in [-0.39, 0.29) is 24.8 Å². The fraction of sp³-hybridized carbons (Fsp3) is 0.222. The molecular weight excluding hydrogens is 312 g/mol. The summed E-state index contributed by atoms with van der Waals surface area (Å²) in [5, 5.41) is 3.32. The van der Waals surface area contributed by atoms with Crippen molar-refractivity contribution in [2.24, 2.45) is 0 Å². The maximum atomic E-state index is 12.1. The zero-order valence-electron chi connectivity index (χ0n) is 13.2. The summed E-state index contributed by atoms with van der Waals surface area (Å²) in [6.07, 6.45) is 0.193. The number of hydrogen-bond donors (Lipinski definition) is 1. The Morgan fingerprint density at radius 2 is 1.87 bits per heavy atom. The van der Waals surface area contributed by atoms with Crippen LogP contribution < -0.4 is 10.2 Å². The van der Waals surface area contributed by atoms with Crippen molar-refractivity contribution in [3.05, 3.63) is 59.1 Å². The second-order valence-electron chi connectivity index (χ2n) is 5.29. The van der Waals surface area contributed by atoms with Gasteiger partial charge in [-0.15, -0.1) is 0 Å². The number of benzene rings is 2. The van der Waals surface area contributed by atoms with Crippen molar-refractivity contribution in [1.29, 1.82) is 0 Å². The van der Waals surface area contributed by atoms with Gasteiger partial charge in [0.1, 0.15) is 0 Å². The molecule has 120 valence electrons. The number of halogens is 1. The third-order valence-electron chi connectivity index (χ3n) is 3.39. The molecule has 4 nitrogen and oxygen atoms in total. The maximum absolute atomic E-state index is 12.1. The quantitative estimate of drug-likeness (QED) is 0.899. The van der Waals surface area contributed by atoms with Crippen LogP contribution in [0.3, 0.4) is 0 Å². The summed E-state index contributed by atoms with van der Waals surface area (Å²) in [6.45, 7) is 3.70. The Bertz CT molecular complexity index is 716. The molecule has 2 aromatic carbocycles. The van der Waals surface area contributed by atoms with Gasteiger partial charge in [0.15, 0.2) is 0 Å². The van der Waals surface area contributed by atoms with Gasteiger partial charge in [0, 0.05) is 25.6 Å². The fourth-order valence-corrected chi connectivity index (χ4v) is 2.52. The van der Waals surface area contributed by atoms with Crippen LogP contribution in [0, 0.1) is 6.92 Å². The first-order chi connectivity index (χ1) is 11.0. The molecule has 5 heteroatoms. The highest BCUT2D eigenvalue weighted by Crippen LogP contribution is 2.25. The predicted octanol–water partition coefficient (Wildman–Crippen LogP) is 4.03. The van der Waals surface area contributed by atoms with Crippen molar-refractivity contribution in [2.75, 3.05) is 16.8 Å². The smallest absolute Gasteiger partial charge is 0.226 e. The molecule has 0 aliphatic carbocycles. The van der Waals surface area contributed by atoms with Gasteiger partial charge in [-0.3, -0.25) is 9.59 Å². The van der Waals surface area contributed by atoms with E-state index in [2.05, 4.69) is 5.32 Å². The van der Waals surface area contributed by atoms with Gasteiger partial charge >= 0.3 is 0 Å². The Hall–Kier alpha value is -2.33. The van der Waals surface area contributed by atoms with Crippen molar-refractivity contribution in [3.63, 3.8) is 0 Å². The molecule has 23 heavy (non-hydrogen) atoms. The predicted molar refractivity (Wildman–Crippen MR) is 93.9 cm³/mol. The summed E-state index contributed by atoms with van der Waals surface area (Å²) in [6, 6.07) is 14.7. The van der Waals surface area contributed by atoms with Crippen LogP contribution in [-0.4, -0.2) is 18.4 Å². The van der Waals surface area contributed by atoms with Crippen LogP contribution in [0.2, 0.25) is 5.02 Å². The van der Waals surface area contributed by atoms with Gasteiger partial charge in [0.2, 0.25) is 11.8 Å². The highest BCUT2D eigenvalue weighted by atomic mass is 35.5. The minimum absolute atomic E-state index is 0.145. The maximum Gasteiger partial charge on any atom is 0.226 e. The minimum atomic E-state index is -0.151. The molecule has 1 N–H and O–H groups in total. The third-order valence-corrected chi connectivity index (χ3v) is 3.71. The van der Waals surface area contributed by atoms with Gasteiger partial charge < -0.3 is 10.2 Å². The number of anilines is 2. The average Bonchev–Trinajstić information content (AvgIpc) is 2.49. The molecule has 0 aliphatic rings. The number of nitrogens with one attached hydrogen (secondary N) is 1. The largest absolute Gasteiger partial charge is 0.326 e. The molecule has 0 aliphatic heterocycles. The number of nitrogens with zero attached hydrogens (tertiary/aromatic N) is 1. The van der Waals surface area contributed by atoms with E-state index in [0.717, 1.165) is 11.3 Å². The SMILES string of the molecule is CC(=O)N(CCC(=O)Nc1cccc(C)c1)c1ccccc1Cl. The van der Waals surface area contributed by atoms with Gasteiger partial charge in [0.25, 0.3) is 0 Å². The van der Waals surface area contributed by atoms with E-state index in [1.165, 1.54) is 11.8 Å². The number of hydrogen-bond acceptors (Lipinski definition) is 2. The summed E-state index contributed by atoms with van der Waals surface area (Å²) in [5.41, 5.74) is 2.44. The molecule has 0 atom stereocenters. The molecule has 2 amide bonds. The lowest BCUT2D eigenvalue weighted by Crippen LogP contribution is -2.32. The summed E-state index contributed by atoms with van der Waals surface area (Å²) >= 11 is 6.13. The van der Waals surface area contributed by atoms with Gasteiger partial charge in [-0.25, -0.2) is 0 Å². The van der Waals surface area contributed by atoms with E-state index in [4.69, 9.17) is 11.6 Å². The lowest BCUT2D eigenvalue weighted by Gasteiger charge is -2.22. The van der Waals surface area contributed by atoms with E-state index in [9.17, 15) is 9.59 Å². The number of carbonyl (C=O) groups excluding carboxylic acids is 2. The van der Waals surface area contributed by atoms with E-state index in [1.807, 2.05) is 37.3 Å². The Kier molecular flexibility index (Phi) is 5.77. The summed E-state index contributed by atoms with van der Waals surface area (Å²) in [7, 11) is 0. The molecule has 0 unspecified atom stereocenters. The van der Waals surface area contributed by atoms with Gasteiger partial charge in [-0.1, -0.05) is 35.9 Å². The second-order valence-corrected chi connectivity index (χ2v) is 5.70. The van der Waals surface area contributed by atoms with Gasteiger partial charge in [-0.2, -0.15) is 0 Å². The molecule has 0 heterocycles. The van der Waals surface area contributed by atoms with E-state index in [0.29, 0.717) is 10.7 Å². The summed E-state index contributed by atoms with van der Waals surface area (Å²) in [4.78, 5) is 25.4. The lowest BCUT2D eigenvalue weighted by atomic mass is 10.2. The third kappa shape index (κ3) is 4.83. The highest BCUT2D eigenvalue weighted by Gasteiger charge is 2.15. The molecular formula is C18H19ClN2O2. The highest BCUT2D eigenvalue weighted by molar-refractivity contribution is 6.33. The van der Waals surface area contributed by atoms with Crippen LogP contribution in [0.4, 0.5) is 11.4 Å². The Labute approximate surface area is 141 Å². The van der Waals surface area contributed by atoms with Crippen LogP contribution >= 0.6 is 11.6 Å². The molecule has 0 aromatic heterocycles.